The third-order valence-electron chi connectivity index (χ3n) is 4.46. The van der Waals surface area contributed by atoms with Gasteiger partial charge in [-0.1, -0.05) is 0 Å². The zero-order chi connectivity index (χ0) is 14.7. The number of esters is 1. The van der Waals surface area contributed by atoms with E-state index in [0.29, 0.717) is 5.56 Å². The van der Waals surface area contributed by atoms with E-state index in [0.717, 1.165) is 51.3 Å². The summed E-state index contributed by atoms with van der Waals surface area (Å²) in [7, 11) is 1.40. The molecule has 2 aliphatic heterocycles. The summed E-state index contributed by atoms with van der Waals surface area (Å²) in [6.45, 7) is 4.70. The van der Waals surface area contributed by atoms with E-state index in [1.54, 1.807) is 0 Å². The lowest BCUT2D eigenvalue weighted by Gasteiger charge is -2.44. The Hall–Kier alpha value is -1.59. The fraction of sp³-hybridized carbons (Fsp3) is 0.562. The molecule has 5 nitrogen and oxygen atoms in total. The maximum absolute atomic E-state index is 11.4. The lowest BCUT2D eigenvalue weighted by molar-refractivity contribution is -0.0799. The molecule has 0 saturated carbocycles. The van der Waals surface area contributed by atoms with Gasteiger partial charge < -0.3 is 19.7 Å². The van der Waals surface area contributed by atoms with Crippen LogP contribution in [-0.4, -0.2) is 51.5 Å². The molecule has 0 amide bonds. The number of nitrogens with one attached hydrogen (secondary N) is 1. The molecule has 2 aliphatic rings. The van der Waals surface area contributed by atoms with Gasteiger partial charge in [0.2, 0.25) is 0 Å². The Morgan fingerprint density at radius 3 is 2.57 bits per heavy atom. The highest BCUT2D eigenvalue weighted by Gasteiger charge is 2.36. The first kappa shape index (κ1) is 14.4. The lowest BCUT2D eigenvalue weighted by Crippen LogP contribution is -2.55. The topological polar surface area (TPSA) is 50.8 Å². The molecule has 0 unspecified atom stereocenters. The Morgan fingerprint density at radius 2 is 2.00 bits per heavy atom. The number of hydrogen-bond donors (Lipinski definition) is 1. The van der Waals surface area contributed by atoms with E-state index < -0.39 is 0 Å². The molecule has 0 aromatic heterocycles. The van der Waals surface area contributed by atoms with Gasteiger partial charge in [0, 0.05) is 31.9 Å². The summed E-state index contributed by atoms with van der Waals surface area (Å²) in [5, 5.41) is 3.43. The molecule has 2 heterocycles. The summed E-state index contributed by atoms with van der Waals surface area (Å²) in [4.78, 5) is 13.8. The number of benzene rings is 1. The average molecular weight is 290 g/mol. The number of nitrogens with zero attached hydrogens (tertiary/aromatic N) is 1. The lowest BCUT2D eigenvalue weighted by atomic mass is 9.90. The second-order valence-electron chi connectivity index (χ2n) is 5.73. The van der Waals surface area contributed by atoms with Crippen LogP contribution in [0.15, 0.2) is 24.3 Å². The Morgan fingerprint density at radius 1 is 1.29 bits per heavy atom. The van der Waals surface area contributed by atoms with Crippen LogP contribution < -0.4 is 10.2 Å². The van der Waals surface area contributed by atoms with Crippen molar-refractivity contribution in [3.63, 3.8) is 0 Å². The fourth-order valence-corrected chi connectivity index (χ4v) is 3.13. The van der Waals surface area contributed by atoms with Crippen molar-refractivity contribution in [1.29, 1.82) is 0 Å². The van der Waals surface area contributed by atoms with E-state index in [4.69, 9.17) is 9.47 Å². The molecule has 1 aromatic rings. The molecule has 0 atom stereocenters. The molecule has 0 radical (unpaired) electrons. The van der Waals surface area contributed by atoms with Gasteiger partial charge >= 0.3 is 5.97 Å². The number of carbonyl (C=O) groups is 1. The molecule has 21 heavy (non-hydrogen) atoms. The standard InChI is InChI=1S/C16H22N2O3/c1-20-15(19)13-2-4-14(5-3-13)18-9-6-16(7-10-18)12-17-8-11-21-16/h2-5,17H,6-12H2,1H3. The predicted octanol–water partition coefficient (Wildman–Crippen LogP) is 1.43. The normalized spacial score (nSPS) is 21.3. The smallest absolute Gasteiger partial charge is 0.337 e. The second kappa shape index (κ2) is 6.03. The van der Waals surface area contributed by atoms with Crippen molar-refractivity contribution in [3.8, 4) is 0 Å². The fourth-order valence-electron chi connectivity index (χ4n) is 3.13. The van der Waals surface area contributed by atoms with Gasteiger partial charge in [0.05, 0.1) is 24.9 Å². The van der Waals surface area contributed by atoms with Crippen molar-refractivity contribution >= 4 is 11.7 Å². The molecular weight excluding hydrogens is 268 g/mol. The Labute approximate surface area is 125 Å². The summed E-state index contributed by atoms with van der Waals surface area (Å²) in [5.74, 6) is -0.291. The van der Waals surface area contributed by atoms with Gasteiger partial charge in [-0.05, 0) is 37.1 Å². The highest BCUT2D eigenvalue weighted by atomic mass is 16.5. The highest BCUT2D eigenvalue weighted by molar-refractivity contribution is 5.89. The zero-order valence-electron chi connectivity index (χ0n) is 12.4. The molecule has 2 fully saturated rings. The number of anilines is 1. The van der Waals surface area contributed by atoms with Crippen molar-refractivity contribution in [3.05, 3.63) is 29.8 Å². The quantitative estimate of drug-likeness (QED) is 0.835. The zero-order valence-corrected chi connectivity index (χ0v) is 12.4. The number of hydrogen-bond acceptors (Lipinski definition) is 5. The third-order valence-corrected chi connectivity index (χ3v) is 4.46. The van der Waals surface area contributed by atoms with Gasteiger partial charge in [0.15, 0.2) is 0 Å². The largest absolute Gasteiger partial charge is 0.465 e. The molecular formula is C16H22N2O3. The Bertz CT molecular complexity index is 485. The predicted molar refractivity (Wildman–Crippen MR) is 80.8 cm³/mol. The molecule has 1 aromatic carbocycles. The maximum Gasteiger partial charge on any atom is 0.337 e. The van der Waals surface area contributed by atoms with E-state index in [1.165, 1.54) is 7.11 Å². The molecule has 0 aliphatic carbocycles. The summed E-state index contributed by atoms with van der Waals surface area (Å²) >= 11 is 0. The molecule has 1 N–H and O–H groups in total. The van der Waals surface area contributed by atoms with Crippen LogP contribution in [0.5, 0.6) is 0 Å². The van der Waals surface area contributed by atoms with Gasteiger partial charge in [-0.2, -0.15) is 0 Å². The van der Waals surface area contributed by atoms with Crippen molar-refractivity contribution in [2.75, 3.05) is 44.8 Å². The molecule has 0 bridgehead atoms. The summed E-state index contributed by atoms with van der Waals surface area (Å²) in [5.41, 5.74) is 1.77. The van der Waals surface area contributed by atoms with Gasteiger partial charge in [0.25, 0.3) is 0 Å². The number of rotatable bonds is 2. The van der Waals surface area contributed by atoms with Gasteiger partial charge in [-0.3, -0.25) is 0 Å². The summed E-state index contributed by atoms with van der Waals surface area (Å²) in [6, 6.07) is 7.63. The molecule has 2 saturated heterocycles. The van der Waals surface area contributed by atoms with E-state index in [9.17, 15) is 4.79 Å². The van der Waals surface area contributed by atoms with Crippen molar-refractivity contribution in [2.45, 2.75) is 18.4 Å². The molecule has 114 valence electrons. The first-order chi connectivity index (χ1) is 10.2. The maximum atomic E-state index is 11.4. The SMILES string of the molecule is COC(=O)c1ccc(N2CCC3(CC2)CNCCO3)cc1. The number of ether oxygens (including phenoxy) is 2. The molecule has 3 rings (SSSR count). The minimum Gasteiger partial charge on any atom is -0.465 e. The van der Waals surface area contributed by atoms with Gasteiger partial charge in [0.1, 0.15) is 0 Å². The van der Waals surface area contributed by atoms with Gasteiger partial charge in [-0.15, -0.1) is 0 Å². The van der Waals surface area contributed by atoms with Crippen LogP contribution in [0.1, 0.15) is 23.2 Å². The van der Waals surface area contributed by atoms with Crippen LogP contribution in [-0.2, 0) is 9.47 Å². The van der Waals surface area contributed by atoms with E-state index in [-0.39, 0.29) is 11.6 Å². The third kappa shape index (κ3) is 3.04. The van der Waals surface area contributed by atoms with Crippen LogP contribution in [0.3, 0.4) is 0 Å². The monoisotopic (exact) mass is 290 g/mol. The number of carbonyl (C=O) groups excluding carboxylic acids is 1. The van der Waals surface area contributed by atoms with Crippen LogP contribution in [0.2, 0.25) is 0 Å². The Kier molecular flexibility index (Phi) is 4.12. The van der Waals surface area contributed by atoms with Crippen molar-refractivity contribution in [2.24, 2.45) is 0 Å². The first-order valence-corrected chi connectivity index (χ1v) is 7.50. The minimum absolute atomic E-state index is 0.0285. The number of piperidine rings is 1. The van der Waals surface area contributed by atoms with E-state index >= 15 is 0 Å². The van der Waals surface area contributed by atoms with Crippen LogP contribution >= 0.6 is 0 Å². The van der Waals surface area contributed by atoms with Crippen LogP contribution in [0.25, 0.3) is 0 Å². The summed E-state index contributed by atoms with van der Waals surface area (Å²) < 4.78 is 10.7. The molecule has 1 spiro atoms. The van der Waals surface area contributed by atoms with Crippen LogP contribution in [0.4, 0.5) is 5.69 Å². The van der Waals surface area contributed by atoms with Crippen LogP contribution in [0, 0.1) is 0 Å². The Balaban J connectivity index is 1.62. The first-order valence-electron chi connectivity index (χ1n) is 7.50. The highest BCUT2D eigenvalue weighted by Crippen LogP contribution is 2.30. The van der Waals surface area contributed by atoms with Crippen molar-refractivity contribution in [1.82, 2.24) is 5.32 Å². The second-order valence-corrected chi connectivity index (χ2v) is 5.73. The minimum atomic E-state index is -0.291. The van der Waals surface area contributed by atoms with E-state index in [2.05, 4.69) is 10.2 Å². The van der Waals surface area contributed by atoms with E-state index in [1.807, 2.05) is 24.3 Å². The van der Waals surface area contributed by atoms with Crippen molar-refractivity contribution < 1.29 is 14.3 Å². The van der Waals surface area contributed by atoms with Gasteiger partial charge in [-0.25, -0.2) is 4.79 Å². The summed E-state index contributed by atoms with van der Waals surface area (Å²) in [6.07, 6.45) is 2.08. The number of methoxy groups -OCH3 is 1. The number of morpholine rings is 1. The average Bonchev–Trinajstić information content (AvgIpc) is 2.56. The molecule has 5 heteroatoms.